The molecule has 0 radical (unpaired) electrons. The summed E-state index contributed by atoms with van der Waals surface area (Å²) < 4.78 is 5.40. The van der Waals surface area contributed by atoms with Gasteiger partial charge in [0.15, 0.2) is 0 Å². The minimum Gasteiger partial charge on any atom is -0.388 e. The molecule has 0 aliphatic carbocycles. The van der Waals surface area contributed by atoms with E-state index in [1.54, 1.807) is 6.07 Å². The first-order chi connectivity index (χ1) is 7.63. The van der Waals surface area contributed by atoms with E-state index >= 15 is 0 Å². The van der Waals surface area contributed by atoms with Gasteiger partial charge < -0.3 is 15.8 Å². The van der Waals surface area contributed by atoms with E-state index in [1.165, 1.54) is 0 Å². The number of ether oxygens (including phenoxy) is 1. The molecule has 0 aliphatic rings. The van der Waals surface area contributed by atoms with Crippen LogP contribution in [0.25, 0.3) is 0 Å². The molecule has 1 rings (SSSR count). The number of nitrogens with one attached hydrogen (secondary N) is 1. The lowest BCUT2D eigenvalue weighted by molar-refractivity contribution is 0.0855. The number of hydrogen-bond donors (Lipinski definition) is 2. The lowest BCUT2D eigenvalue weighted by atomic mass is 10.3. The third-order valence-corrected chi connectivity index (χ3v) is 2.23. The van der Waals surface area contributed by atoms with Crippen molar-refractivity contribution in [1.29, 1.82) is 0 Å². The average molecular weight is 239 g/mol. The summed E-state index contributed by atoms with van der Waals surface area (Å²) in [6.07, 6.45) is 0.153. The zero-order valence-electron chi connectivity index (χ0n) is 9.56. The lowest BCUT2D eigenvalue weighted by Gasteiger charge is -2.13. The molecule has 3 N–H and O–H groups in total. The highest BCUT2D eigenvalue weighted by atomic mass is 32.1. The van der Waals surface area contributed by atoms with Crippen LogP contribution in [0.1, 0.15) is 19.5 Å². The van der Waals surface area contributed by atoms with E-state index in [0.717, 1.165) is 5.82 Å². The van der Waals surface area contributed by atoms with E-state index in [2.05, 4.69) is 10.3 Å². The molecule has 1 unspecified atom stereocenters. The van der Waals surface area contributed by atoms with Gasteiger partial charge in [-0.25, -0.2) is 4.98 Å². The number of aromatic nitrogens is 1. The number of thiocarbonyl (C=S) groups is 1. The van der Waals surface area contributed by atoms with Gasteiger partial charge in [-0.3, -0.25) is 0 Å². The zero-order valence-corrected chi connectivity index (χ0v) is 10.4. The molecule has 88 valence electrons. The normalized spacial score (nSPS) is 12.1. The summed E-state index contributed by atoms with van der Waals surface area (Å²) >= 11 is 4.86. The van der Waals surface area contributed by atoms with Crippen LogP contribution in [-0.4, -0.2) is 29.2 Å². The van der Waals surface area contributed by atoms with Gasteiger partial charge in [-0.1, -0.05) is 18.3 Å². The summed E-state index contributed by atoms with van der Waals surface area (Å²) in [4.78, 5) is 4.58. The van der Waals surface area contributed by atoms with E-state index in [9.17, 15) is 0 Å². The Bertz CT molecular complexity index is 357. The van der Waals surface area contributed by atoms with Gasteiger partial charge in [0.1, 0.15) is 10.8 Å². The summed E-state index contributed by atoms with van der Waals surface area (Å²) in [5.41, 5.74) is 6.13. The van der Waals surface area contributed by atoms with Crippen molar-refractivity contribution in [3.63, 3.8) is 0 Å². The fourth-order valence-electron chi connectivity index (χ4n) is 1.26. The van der Waals surface area contributed by atoms with E-state index < -0.39 is 0 Å². The van der Waals surface area contributed by atoms with Crippen molar-refractivity contribution in [1.82, 2.24) is 4.98 Å². The predicted octanol–water partition coefficient (Wildman–Crippen LogP) is 1.55. The molecule has 1 aromatic heterocycles. The summed E-state index contributed by atoms with van der Waals surface area (Å²) in [7, 11) is 0. The van der Waals surface area contributed by atoms with Gasteiger partial charge in [0.2, 0.25) is 0 Å². The van der Waals surface area contributed by atoms with Crippen LogP contribution >= 0.6 is 12.2 Å². The molecule has 1 heterocycles. The number of nitrogens with two attached hydrogens (primary N) is 1. The molecule has 0 spiro atoms. The van der Waals surface area contributed by atoms with Gasteiger partial charge >= 0.3 is 0 Å². The number of hydrogen-bond acceptors (Lipinski definition) is 4. The molecule has 0 amide bonds. The molecule has 1 aromatic rings. The third kappa shape index (κ3) is 4.12. The molecule has 5 heteroatoms. The number of rotatable bonds is 6. The maximum absolute atomic E-state index is 5.50. The van der Waals surface area contributed by atoms with Crippen LogP contribution in [0.3, 0.4) is 0 Å². The first-order valence-electron chi connectivity index (χ1n) is 5.25. The zero-order chi connectivity index (χ0) is 12.0. The Balaban J connectivity index is 2.54. The predicted molar refractivity (Wildman–Crippen MR) is 69.7 cm³/mol. The molecular formula is C11H17N3OS. The molecule has 0 aromatic carbocycles. The molecule has 0 fully saturated rings. The highest BCUT2D eigenvalue weighted by Gasteiger charge is 2.03. The van der Waals surface area contributed by atoms with Crippen molar-refractivity contribution in [2.45, 2.75) is 20.0 Å². The average Bonchev–Trinajstić information content (AvgIpc) is 2.27. The van der Waals surface area contributed by atoms with Crippen LogP contribution in [-0.2, 0) is 4.74 Å². The minimum atomic E-state index is 0.153. The Morgan fingerprint density at radius 3 is 3.00 bits per heavy atom. The summed E-state index contributed by atoms with van der Waals surface area (Å²) in [6, 6.07) is 5.54. The van der Waals surface area contributed by atoms with Crippen molar-refractivity contribution >= 4 is 23.0 Å². The number of anilines is 1. The van der Waals surface area contributed by atoms with E-state index in [0.29, 0.717) is 23.8 Å². The first kappa shape index (κ1) is 12.9. The molecule has 16 heavy (non-hydrogen) atoms. The third-order valence-electron chi connectivity index (χ3n) is 2.02. The van der Waals surface area contributed by atoms with Gasteiger partial charge in [-0.2, -0.15) is 0 Å². The molecule has 4 nitrogen and oxygen atoms in total. The Kier molecular flexibility index (Phi) is 5.14. The van der Waals surface area contributed by atoms with Gasteiger partial charge in [-0.15, -0.1) is 0 Å². The Morgan fingerprint density at radius 1 is 1.62 bits per heavy atom. The van der Waals surface area contributed by atoms with Gasteiger partial charge in [0, 0.05) is 13.2 Å². The van der Waals surface area contributed by atoms with E-state index in [4.69, 9.17) is 22.7 Å². The second-order valence-corrected chi connectivity index (χ2v) is 3.86. The molecule has 0 saturated heterocycles. The van der Waals surface area contributed by atoms with Crippen LogP contribution in [0.2, 0.25) is 0 Å². The molecular weight excluding hydrogens is 222 g/mol. The minimum absolute atomic E-state index is 0.153. The Morgan fingerprint density at radius 2 is 2.38 bits per heavy atom. The van der Waals surface area contributed by atoms with Crippen LogP contribution in [0.15, 0.2) is 18.2 Å². The van der Waals surface area contributed by atoms with Gasteiger partial charge in [-0.05, 0) is 26.0 Å². The van der Waals surface area contributed by atoms with Crippen molar-refractivity contribution in [2.24, 2.45) is 5.73 Å². The molecule has 0 bridgehead atoms. The highest BCUT2D eigenvalue weighted by molar-refractivity contribution is 7.80. The van der Waals surface area contributed by atoms with E-state index in [-0.39, 0.29) is 6.10 Å². The SMILES string of the molecule is CCOC(C)CNc1cccc(C(N)=S)n1. The van der Waals surface area contributed by atoms with Gasteiger partial charge in [0.05, 0.1) is 11.8 Å². The second kappa shape index (κ2) is 6.40. The fraction of sp³-hybridized carbons (Fsp3) is 0.455. The van der Waals surface area contributed by atoms with Crippen LogP contribution in [0.5, 0.6) is 0 Å². The second-order valence-electron chi connectivity index (χ2n) is 3.42. The fourth-order valence-corrected chi connectivity index (χ4v) is 1.38. The smallest absolute Gasteiger partial charge is 0.126 e. The largest absolute Gasteiger partial charge is 0.388 e. The topological polar surface area (TPSA) is 60.2 Å². The number of nitrogens with zero attached hydrogens (tertiary/aromatic N) is 1. The molecule has 0 aliphatic heterocycles. The van der Waals surface area contributed by atoms with Crippen molar-refractivity contribution in [3.8, 4) is 0 Å². The maximum atomic E-state index is 5.50. The van der Waals surface area contributed by atoms with Crippen LogP contribution in [0, 0.1) is 0 Å². The van der Waals surface area contributed by atoms with Crippen LogP contribution < -0.4 is 11.1 Å². The Labute approximate surface area is 101 Å². The maximum Gasteiger partial charge on any atom is 0.126 e. The quantitative estimate of drug-likeness (QED) is 0.738. The Hall–Kier alpha value is -1.20. The lowest BCUT2D eigenvalue weighted by Crippen LogP contribution is -2.21. The first-order valence-corrected chi connectivity index (χ1v) is 5.66. The number of pyridine rings is 1. The molecule has 0 saturated carbocycles. The van der Waals surface area contributed by atoms with Crippen molar-refractivity contribution in [3.05, 3.63) is 23.9 Å². The highest BCUT2D eigenvalue weighted by Crippen LogP contribution is 2.05. The van der Waals surface area contributed by atoms with Crippen LogP contribution in [0.4, 0.5) is 5.82 Å². The van der Waals surface area contributed by atoms with Crippen molar-refractivity contribution < 1.29 is 4.74 Å². The monoisotopic (exact) mass is 239 g/mol. The summed E-state index contributed by atoms with van der Waals surface area (Å²) in [6.45, 7) is 5.40. The summed E-state index contributed by atoms with van der Waals surface area (Å²) in [5, 5.41) is 3.17. The van der Waals surface area contributed by atoms with Gasteiger partial charge in [0.25, 0.3) is 0 Å². The molecule has 1 atom stereocenters. The summed E-state index contributed by atoms with van der Waals surface area (Å²) in [5.74, 6) is 0.761. The van der Waals surface area contributed by atoms with E-state index in [1.807, 2.05) is 26.0 Å². The standard InChI is InChI=1S/C11H17N3OS/c1-3-15-8(2)7-13-10-6-4-5-9(14-10)11(12)16/h4-6,8H,3,7H2,1-2H3,(H2,12,16)(H,13,14). The van der Waals surface area contributed by atoms with Crippen molar-refractivity contribution in [2.75, 3.05) is 18.5 Å².